The highest BCUT2D eigenvalue weighted by Gasteiger charge is 2.10. The van der Waals surface area contributed by atoms with Gasteiger partial charge in [-0.2, -0.15) is 0 Å². The SMILES string of the molecule is CCc1ccc(-c2nc(CC(=O)Nc3ccccc3Cl)cs2)cc1. The maximum Gasteiger partial charge on any atom is 0.230 e. The first-order valence-electron chi connectivity index (χ1n) is 7.74. The van der Waals surface area contributed by atoms with Crippen LogP contribution in [0.5, 0.6) is 0 Å². The Balaban J connectivity index is 1.67. The Morgan fingerprint density at radius 2 is 1.92 bits per heavy atom. The Morgan fingerprint density at radius 3 is 2.62 bits per heavy atom. The van der Waals surface area contributed by atoms with Gasteiger partial charge < -0.3 is 5.32 Å². The highest BCUT2D eigenvalue weighted by Crippen LogP contribution is 2.25. The van der Waals surface area contributed by atoms with Crippen molar-refractivity contribution in [3.05, 3.63) is 70.2 Å². The maximum atomic E-state index is 12.2. The van der Waals surface area contributed by atoms with Crippen LogP contribution in [0, 0.1) is 0 Å². The molecule has 1 amide bonds. The van der Waals surface area contributed by atoms with Crippen molar-refractivity contribution in [3.63, 3.8) is 0 Å². The molecule has 0 bridgehead atoms. The van der Waals surface area contributed by atoms with Gasteiger partial charge in [0.1, 0.15) is 5.01 Å². The van der Waals surface area contributed by atoms with Gasteiger partial charge in [0.25, 0.3) is 0 Å². The molecule has 0 saturated heterocycles. The Bertz CT molecular complexity index is 843. The highest BCUT2D eigenvalue weighted by molar-refractivity contribution is 7.13. The van der Waals surface area contributed by atoms with E-state index in [0.29, 0.717) is 10.7 Å². The van der Waals surface area contributed by atoms with Gasteiger partial charge in [0.2, 0.25) is 5.91 Å². The minimum absolute atomic E-state index is 0.124. The predicted octanol–water partition coefficient (Wildman–Crippen LogP) is 5.21. The van der Waals surface area contributed by atoms with Gasteiger partial charge in [0.15, 0.2) is 0 Å². The lowest BCUT2D eigenvalue weighted by atomic mass is 10.1. The first-order chi connectivity index (χ1) is 11.7. The van der Waals surface area contributed by atoms with Crippen molar-refractivity contribution in [2.24, 2.45) is 0 Å². The molecule has 0 spiro atoms. The van der Waals surface area contributed by atoms with E-state index in [2.05, 4.69) is 41.5 Å². The van der Waals surface area contributed by atoms with Gasteiger partial charge in [-0.1, -0.05) is 54.9 Å². The van der Waals surface area contributed by atoms with Gasteiger partial charge in [0.05, 0.1) is 22.8 Å². The number of carbonyl (C=O) groups is 1. The number of para-hydroxylation sites is 1. The molecule has 0 atom stereocenters. The second-order valence-electron chi connectivity index (χ2n) is 5.40. The molecule has 3 nitrogen and oxygen atoms in total. The molecule has 0 saturated carbocycles. The zero-order valence-corrected chi connectivity index (χ0v) is 14.8. The second-order valence-corrected chi connectivity index (χ2v) is 6.66. The Morgan fingerprint density at radius 1 is 1.17 bits per heavy atom. The molecular weight excluding hydrogens is 340 g/mol. The summed E-state index contributed by atoms with van der Waals surface area (Å²) >= 11 is 7.60. The third kappa shape index (κ3) is 4.02. The molecule has 0 aliphatic carbocycles. The lowest BCUT2D eigenvalue weighted by Crippen LogP contribution is -2.14. The van der Waals surface area contributed by atoms with Crippen molar-refractivity contribution in [1.29, 1.82) is 0 Å². The summed E-state index contributed by atoms with van der Waals surface area (Å²) in [5.41, 5.74) is 3.76. The van der Waals surface area contributed by atoms with Gasteiger partial charge in [0, 0.05) is 10.9 Å². The summed E-state index contributed by atoms with van der Waals surface area (Å²) in [4.78, 5) is 16.7. The molecule has 1 heterocycles. The van der Waals surface area contributed by atoms with Crippen molar-refractivity contribution in [2.45, 2.75) is 19.8 Å². The van der Waals surface area contributed by atoms with E-state index in [9.17, 15) is 4.79 Å². The number of nitrogens with one attached hydrogen (secondary N) is 1. The number of halogens is 1. The van der Waals surface area contributed by atoms with E-state index in [1.165, 1.54) is 5.56 Å². The fourth-order valence-electron chi connectivity index (χ4n) is 2.33. The average Bonchev–Trinajstić information content (AvgIpc) is 3.05. The van der Waals surface area contributed by atoms with Crippen LogP contribution in [0.2, 0.25) is 5.02 Å². The van der Waals surface area contributed by atoms with Crippen LogP contribution in [-0.4, -0.2) is 10.9 Å². The van der Waals surface area contributed by atoms with Crippen molar-refractivity contribution in [1.82, 2.24) is 4.98 Å². The zero-order valence-electron chi connectivity index (χ0n) is 13.3. The smallest absolute Gasteiger partial charge is 0.230 e. The summed E-state index contributed by atoms with van der Waals surface area (Å²) < 4.78 is 0. The molecule has 122 valence electrons. The molecule has 24 heavy (non-hydrogen) atoms. The molecule has 1 aromatic heterocycles. The van der Waals surface area contributed by atoms with Gasteiger partial charge in [-0.15, -0.1) is 11.3 Å². The standard InChI is InChI=1S/C19H17ClN2OS/c1-2-13-7-9-14(10-8-13)19-21-15(12-24-19)11-18(23)22-17-6-4-3-5-16(17)20/h3-10,12H,2,11H2,1H3,(H,22,23). The fraction of sp³-hybridized carbons (Fsp3) is 0.158. The van der Waals surface area contributed by atoms with Gasteiger partial charge in [-0.05, 0) is 24.1 Å². The summed E-state index contributed by atoms with van der Waals surface area (Å²) in [6.45, 7) is 2.13. The number of amides is 1. The van der Waals surface area contributed by atoms with Crippen LogP contribution >= 0.6 is 22.9 Å². The topological polar surface area (TPSA) is 42.0 Å². The molecule has 0 radical (unpaired) electrons. The van der Waals surface area contributed by atoms with Crippen LogP contribution in [0.15, 0.2) is 53.9 Å². The van der Waals surface area contributed by atoms with Crippen LogP contribution in [0.25, 0.3) is 10.6 Å². The number of benzene rings is 2. The summed E-state index contributed by atoms with van der Waals surface area (Å²) in [6.07, 6.45) is 1.25. The summed E-state index contributed by atoms with van der Waals surface area (Å²) in [5, 5.41) is 6.20. The lowest BCUT2D eigenvalue weighted by molar-refractivity contribution is -0.115. The van der Waals surface area contributed by atoms with Gasteiger partial charge >= 0.3 is 0 Å². The molecule has 3 aromatic rings. The molecule has 0 aliphatic rings. The minimum atomic E-state index is -0.124. The van der Waals surface area contributed by atoms with Crippen molar-refractivity contribution in [3.8, 4) is 10.6 Å². The van der Waals surface area contributed by atoms with E-state index in [1.807, 2.05) is 17.5 Å². The van der Waals surface area contributed by atoms with Gasteiger partial charge in [-0.3, -0.25) is 4.79 Å². The summed E-state index contributed by atoms with van der Waals surface area (Å²) in [7, 11) is 0. The van der Waals surface area contributed by atoms with E-state index in [-0.39, 0.29) is 12.3 Å². The quantitative estimate of drug-likeness (QED) is 0.682. The first kappa shape index (κ1) is 16.7. The average molecular weight is 357 g/mol. The monoisotopic (exact) mass is 356 g/mol. The summed E-state index contributed by atoms with van der Waals surface area (Å²) in [5.74, 6) is -0.124. The third-order valence-corrected chi connectivity index (χ3v) is 4.92. The van der Waals surface area contributed by atoms with E-state index in [1.54, 1.807) is 23.5 Å². The lowest BCUT2D eigenvalue weighted by Gasteiger charge is -2.05. The molecule has 0 fully saturated rings. The number of rotatable bonds is 5. The molecule has 3 rings (SSSR count). The van der Waals surface area contributed by atoms with Crippen molar-refractivity contribution >= 4 is 34.5 Å². The highest BCUT2D eigenvalue weighted by atomic mass is 35.5. The van der Waals surface area contributed by atoms with E-state index in [0.717, 1.165) is 22.7 Å². The Hall–Kier alpha value is -2.17. The third-order valence-electron chi connectivity index (χ3n) is 3.65. The van der Waals surface area contributed by atoms with Crippen molar-refractivity contribution in [2.75, 3.05) is 5.32 Å². The molecule has 0 unspecified atom stereocenters. The number of thiazole rings is 1. The maximum absolute atomic E-state index is 12.2. The molecular formula is C19H17ClN2OS. The molecule has 5 heteroatoms. The number of anilines is 1. The van der Waals surface area contributed by atoms with Crippen LogP contribution in [0.3, 0.4) is 0 Å². The van der Waals surface area contributed by atoms with Crippen LogP contribution in [0.1, 0.15) is 18.2 Å². The van der Waals surface area contributed by atoms with Crippen LogP contribution in [-0.2, 0) is 17.6 Å². The number of carbonyl (C=O) groups excluding carboxylic acids is 1. The number of hydrogen-bond donors (Lipinski definition) is 1. The number of aryl methyl sites for hydroxylation is 1. The van der Waals surface area contributed by atoms with Crippen molar-refractivity contribution < 1.29 is 4.79 Å². The largest absolute Gasteiger partial charge is 0.324 e. The van der Waals surface area contributed by atoms with Crippen LogP contribution < -0.4 is 5.32 Å². The number of hydrogen-bond acceptors (Lipinski definition) is 3. The van der Waals surface area contributed by atoms with Gasteiger partial charge in [-0.25, -0.2) is 4.98 Å². The molecule has 1 N–H and O–H groups in total. The van der Waals surface area contributed by atoms with E-state index in [4.69, 9.17) is 11.6 Å². The minimum Gasteiger partial charge on any atom is -0.324 e. The fourth-order valence-corrected chi connectivity index (χ4v) is 3.33. The first-order valence-corrected chi connectivity index (χ1v) is 8.99. The number of aromatic nitrogens is 1. The Kier molecular flexibility index (Phi) is 5.28. The predicted molar refractivity (Wildman–Crippen MR) is 101 cm³/mol. The number of nitrogens with zero attached hydrogens (tertiary/aromatic N) is 1. The van der Waals surface area contributed by atoms with Crippen LogP contribution in [0.4, 0.5) is 5.69 Å². The summed E-state index contributed by atoms with van der Waals surface area (Å²) in [6, 6.07) is 15.6. The second kappa shape index (κ2) is 7.60. The molecule has 2 aromatic carbocycles. The normalized spacial score (nSPS) is 10.6. The zero-order chi connectivity index (χ0) is 16.9. The van der Waals surface area contributed by atoms with E-state index >= 15 is 0 Å². The van der Waals surface area contributed by atoms with E-state index < -0.39 is 0 Å². The molecule has 0 aliphatic heterocycles. The Labute approximate surface area is 150 Å².